The number of imidazole rings is 1. The van der Waals surface area contributed by atoms with E-state index in [1.54, 1.807) is 18.2 Å². The summed E-state index contributed by atoms with van der Waals surface area (Å²) in [5, 5.41) is 2.93. The van der Waals surface area contributed by atoms with Gasteiger partial charge < -0.3 is 10.3 Å². The molecule has 2 N–H and O–H groups in total. The van der Waals surface area contributed by atoms with Gasteiger partial charge in [-0.2, -0.15) is 0 Å². The summed E-state index contributed by atoms with van der Waals surface area (Å²) in [7, 11) is 0. The van der Waals surface area contributed by atoms with Crippen molar-refractivity contribution < 1.29 is 9.18 Å². The van der Waals surface area contributed by atoms with Crippen LogP contribution in [-0.4, -0.2) is 21.1 Å². The molecule has 4 rings (SSSR count). The van der Waals surface area contributed by atoms with Gasteiger partial charge in [0.05, 0.1) is 22.3 Å². The highest BCUT2D eigenvalue weighted by atomic mass is 32.2. The number of H-pyrrole nitrogens is 1. The number of carbonyl (C=O) groups excluding carboxylic acids is 1. The molecule has 1 atom stereocenters. The fraction of sp³-hybridized carbons (Fsp3) is 0.185. The number of halogens is 1. The highest BCUT2D eigenvalue weighted by Crippen LogP contribution is 2.35. The van der Waals surface area contributed by atoms with Crippen LogP contribution in [0.2, 0.25) is 0 Å². The lowest BCUT2D eigenvalue weighted by molar-refractivity contribution is -0.115. The minimum atomic E-state index is -0.452. The molecular weight excluding hydrogens is 433 g/mol. The average Bonchev–Trinajstić information content (AvgIpc) is 3.23. The number of nitrogens with one attached hydrogen (secondary N) is 2. The molecule has 1 heterocycles. The first-order valence-corrected chi connectivity index (χ1v) is 11.8. The van der Waals surface area contributed by atoms with Crippen LogP contribution in [0.4, 0.5) is 10.1 Å². The lowest BCUT2D eigenvalue weighted by Crippen LogP contribution is -2.25. The number of nitrogens with zero attached hydrogens (tertiary/aromatic N) is 1. The van der Waals surface area contributed by atoms with Crippen LogP contribution in [0.25, 0.3) is 22.5 Å². The Balaban J connectivity index is 1.64. The molecule has 168 valence electrons. The number of aromatic nitrogens is 2. The molecule has 0 saturated heterocycles. The molecule has 0 radical (unpaired) electrons. The number of thioether (sulfide) groups is 1. The number of anilines is 1. The number of para-hydroxylation sites is 1. The SMILES string of the molecule is CCC(Sc1nc(-c2ccc(C)cc2)c(-c2ccc(C)cc2)[nH]1)C(=O)Nc1ccccc1F. The lowest BCUT2D eigenvalue weighted by Gasteiger charge is -2.13. The minimum Gasteiger partial charge on any atom is -0.332 e. The van der Waals surface area contributed by atoms with E-state index >= 15 is 0 Å². The van der Waals surface area contributed by atoms with Crippen molar-refractivity contribution in [2.24, 2.45) is 0 Å². The maximum Gasteiger partial charge on any atom is 0.238 e. The molecule has 0 spiro atoms. The van der Waals surface area contributed by atoms with E-state index in [1.807, 2.05) is 6.92 Å². The topological polar surface area (TPSA) is 57.8 Å². The van der Waals surface area contributed by atoms with E-state index < -0.39 is 11.1 Å². The Kier molecular flexibility index (Phi) is 6.94. The fourth-order valence-corrected chi connectivity index (χ4v) is 4.40. The number of rotatable bonds is 7. The van der Waals surface area contributed by atoms with Crippen LogP contribution in [-0.2, 0) is 4.79 Å². The molecule has 4 nitrogen and oxygen atoms in total. The third kappa shape index (κ3) is 5.34. The second kappa shape index (κ2) is 10.0. The van der Waals surface area contributed by atoms with Crippen LogP contribution >= 0.6 is 11.8 Å². The Bertz CT molecular complexity index is 1190. The van der Waals surface area contributed by atoms with E-state index in [4.69, 9.17) is 4.98 Å². The van der Waals surface area contributed by atoms with Gasteiger partial charge >= 0.3 is 0 Å². The maximum atomic E-state index is 14.0. The molecule has 6 heteroatoms. The highest BCUT2D eigenvalue weighted by molar-refractivity contribution is 8.00. The van der Waals surface area contributed by atoms with Gasteiger partial charge in [-0.3, -0.25) is 4.79 Å². The zero-order valence-electron chi connectivity index (χ0n) is 18.9. The van der Waals surface area contributed by atoms with Crippen molar-refractivity contribution in [3.05, 3.63) is 89.7 Å². The van der Waals surface area contributed by atoms with Crippen molar-refractivity contribution in [1.82, 2.24) is 9.97 Å². The number of amides is 1. The number of hydrogen-bond donors (Lipinski definition) is 2. The van der Waals surface area contributed by atoms with Gasteiger partial charge in [-0.1, -0.05) is 90.5 Å². The first kappa shape index (κ1) is 22.8. The number of benzene rings is 3. The molecule has 0 aliphatic heterocycles. The van der Waals surface area contributed by atoms with Crippen LogP contribution in [0.5, 0.6) is 0 Å². The maximum absolute atomic E-state index is 14.0. The minimum absolute atomic E-state index is 0.182. The van der Waals surface area contributed by atoms with Crippen molar-refractivity contribution in [2.45, 2.75) is 37.6 Å². The Labute approximate surface area is 197 Å². The van der Waals surface area contributed by atoms with Crippen LogP contribution in [0, 0.1) is 19.7 Å². The first-order chi connectivity index (χ1) is 15.9. The van der Waals surface area contributed by atoms with Gasteiger partial charge in [0, 0.05) is 11.1 Å². The van der Waals surface area contributed by atoms with Crippen LogP contribution in [0.3, 0.4) is 0 Å². The van der Waals surface area contributed by atoms with Gasteiger partial charge in [0.25, 0.3) is 0 Å². The number of aromatic amines is 1. The zero-order valence-corrected chi connectivity index (χ0v) is 19.7. The van der Waals surface area contributed by atoms with Gasteiger partial charge in [0.2, 0.25) is 5.91 Å². The summed E-state index contributed by atoms with van der Waals surface area (Å²) in [5.74, 6) is -0.704. The lowest BCUT2D eigenvalue weighted by atomic mass is 10.0. The normalized spacial score (nSPS) is 11.9. The first-order valence-electron chi connectivity index (χ1n) is 10.9. The Morgan fingerprint density at radius 2 is 1.58 bits per heavy atom. The summed E-state index contributed by atoms with van der Waals surface area (Å²) < 4.78 is 14.0. The summed E-state index contributed by atoms with van der Waals surface area (Å²) in [6.45, 7) is 6.04. The van der Waals surface area contributed by atoms with E-state index in [-0.39, 0.29) is 11.6 Å². The Morgan fingerprint density at radius 1 is 0.970 bits per heavy atom. The van der Waals surface area contributed by atoms with Crippen molar-refractivity contribution in [1.29, 1.82) is 0 Å². The molecule has 0 aliphatic carbocycles. The summed E-state index contributed by atoms with van der Waals surface area (Å²) in [6.07, 6.45) is 0.575. The average molecular weight is 460 g/mol. The van der Waals surface area contributed by atoms with Crippen molar-refractivity contribution in [3.8, 4) is 22.5 Å². The van der Waals surface area contributed by atoms with Gasteiger partial charge in [0.15, 0.2) is 5.16 Å². The fourth-order valence-electron chi connectivity index (χ4n) is 3.49. The highest BCUT2D eigenvalue weighted by Gasteiger charge is 2.23. The van der Waals surface area contributed by atoms with Crippen LogP contribution in [0.1, 0.15) is 24.5 Å². The Hall–Kier alpha value is -3.38. The van der Waals surface area contributed by atoms with Crippen molar-refractivity contribution >= 4 is 23.4 Å². The summed E-state index contributed by atoms with van der Waals surface area (Å²) in [6, 6.07) is 22.7. The molecule has 0 saturated carbocycles. The standard InChI is InChI=1S/C27H26FN3OS/c1-4-23(26(32)29-22-8-6-5-7-21(22)28)33-27-30-24(19-13-9-17(2)10-14-19)25(31-27)20-15-11-18(3)12-16-20/h5-16,23H,4H2,1-3H3,(H,29,32)(H,30,31). The zero-order chi connectivity index (χ0) is 23.4. The molecule has 1 amide bonds. The predicted octanol–water partition coefficient (Wildman–Crippen LogP) is 7.01. The van der Waals surface area contributed by atoms with Gasteiger partial charge in [0.1, 0.15) is 5.82 Å². The number of carbonyl (C=O) groups is 1. The molecule has 1 aromatic heterocycles. The quantitative estimate of drug-likeness (QED) is 0.292. The van der Waals surface area contributed by atoms with Gasteiger partial charge in [-0.05, 0) is 32.4 Å². The molecule has 4 aromatic rings. The largest absolute Gasteiger partial charge is 0.332 e. The summed E-state index contributed by atoms with van der Waals surface area (Å²) in [5.41, 5.74) is 6.32. The van der Waals surface area contributed by atoms with E-state index in [9.17, 15) is 9.18 Å². The number of aryl methyl sites for hydroxylation is 2. The van der Waals surface area contributed by atoms with Crippen molar-refractivity contribution in [2.75, 3.05) is 5.32 Å². The van der Waals surface area contributed by atoms with Gasteiger partial charge in [-0.25, -0.2) is 9.37 Å². The third-order valence-corrected chi connectivity index (χ3v) is 6.64. The Morgan fingerprint density at radius 3 is 2.18 bits per heavy atom. The molecular formula is C27H26FN3OS. The third-order valence-electron chi connectivity index (χ3n) is 5.40. The second-order valence-electron chi connectivity index (χ2n) is 7.98. The van der Waals surface area contributed by atoms with E-state index in [0.717, 1.165) is 22.5 Å². The predicted molar refractivity (Wildman–Crippen MR) is 134 cm³/mol. The summed E-state index contributed by atoms with van der Waals surface area (Å²) >= 11 is 1.35. The van der Waals surface area contributed by atoms with Crippen LogP contribution in [0.15, 0.2) is 78.0 Å². The molecule has 1 unspecified atom stereocenters. The van der Waals surface area contributed by atoms with Crippen molar-refractivity contribution in [3.63, 3.8) is 0 Å². The molecule has 3 aromatic carbocycles. The van der Waals surface area contributed by atoms with Gasteiger partial charge in [-0.15, -0.1) is 0 Å². The van der Waals surface area contributed by atoms with Crippen LogP contribution < -0.4 is 5.32 Å². The van der Waals surface area contributed by atoms with E-state index in [1.165, 1.54) is 29.0 Å². The second-order valence-corrected chi connectivity index (χ2v) is 9.17. The van der Waals surface area contributed by atoms with E-state index in [2.05, 4.69) is 72.7 Å². The van der Waals surface area contributed by atoms with E-state index in [0.29, 0.717) is 11.6 Å². The molecule has 0 aliphatic rings. The molecule has 0 bridgehead atoms. The smallest absolute Gasteiger partial charge is 0.238 e. The molecule has 0 fully saturated rings. The number of hydrogen-bond acceptors (Lipinski definition) is 3. The summed E-state index contributed by atoms with van der Waals surface area (Å²) in [4.78, 5) is 21.1. The molecule has 33 heavy (non-hydrogen) atoms. The monoisotopic (exact) mass is 459 g/mol.